The summed E-state index contributed by atoms with van der Waals surface area (Å²) < 4.78 is 27.0. The number of benzene rings is 1. The summed E-state index contributed by atoms with van der Waals surface area (Å²) in [5.41, 5.74) is 0.999. The zero-order chi connectivity index (χ0) is 23.8. The molecular formula is C23H29N3O5S2. The Labute approximate surface area is 198 Å². The molecule has 3 rings (SSSR count). The number of thiophene rings is 1. The van der Waals surface area contributed by atoms with Crippen molar-refractivity contribution in [3.05, 3.63) is 52.2 Å². The van der Waals surface area contributed by atoms with Crippen molar-refractivity contribution >= 4 is 39.0 Å². The van der Waals surface area contributed by atoms with E-state index in [-0.39, 0.29) is 54.3 Å². The fourth-order valence-electron chi connectivity index (χ4n) is 3.59. The van der Waals surface area contributed by atoms with Gasteiger partial charge >= 0.3 is 0 Å². The van der Waals surface area contributed by atoms with Crippen molar-refractivity contribution in [2.45, 2.75) is 50.0 Å². The first-order valence-electron chi connectivity index (χ1n) is 11.0. The fraction of sp³-hybridized carbons (Fsp3) is 0.435. The molecule has 1 aliphatic rings. The van der Waals surface area contributed by atoms with Gasteiger partial charge in [0.1, 0.15) is 0 Å². The van der Waals surface area contributed by atoms with Gasteiger partial charge in [0.15, 0.2) is 5.78 Å². The largest absolute Gasteiger partial charge is 0.356 e. The molecule has 33 heavy (non-hydrogen) atoms. The van der Waals surface area contributed by atoms with Crippen LogP contribution >= 0.6 is 11.3 Å². The van der Waals surface area contributed by atoms with E-state index in [1.807, 2.05) is 12.3 Å². The van der Waals surface area contributed by atoms with Gasteiger partial charge < -0.3 is 10.6 Å². The zero-order valence-corrected chi connectivity index (χ0v) is 20.2. The summed E-state index contributed by atoms with van der Waals surface area (Å²) in [5, 5.41) is 7.40. The lowest BCUT2D eigenvalue weighted by molar-refractivity contribution is -0.122. The lowest BCUT2D eigenvalue weighted by Gasteiger charge is -2.31. The maximum Gasteiger partial charge on any atom is 0.243 e. The van der Waals surface area contributed by atoms with Gasteiger partial charge in [0, 0.05) is 44.9 Å². The van der Waals surface area contributed by atoms with Crippen LogP contribution in [0.15, 0.2) is 46.7 Å². The number of Topliss-reactive ketones (excluding diaryl/α,β-unsaturated/α-hetero) is 1. The summed E-state index contributed by atoms with van der Waals surface area (Å²) in [4.78, 5) is 36.9. The minimum atomic E-state index is -3.53. The van der Waals surface area contributed by atoms with E-state index in [4.69, 9.17) is 0 Å². The number of nitrogens with one attached hydrogen (secondary N) is 2. The molecule has 1 aliphatic heterocycles. The van der Waals surface area contributed by atoms with Crippen LogP contribution in [0.5, 0.6) is 0 Å². The van der Waals surface area contributed by atoms with Gasteiger partial charge in [0.05, 0.1) is 9.77 Å². The highest BCUT2D eigenvalue weighted by Crippen LogP contribution is 2.21. The van der Waals surface area contributed by atoms with Crippen molar-refractivity contribution in [3.63, 3.8) is 0 Å². The fourth-order valence-corrected chi connectivity index (χ4v) is 5.76. The number of amides is 2. The van der Waals surface area contributed by atoms with Crippen molar-refractivity contribution in [1.82, 2.24) is 14.9 Å². The molecule has 0 saturated carbocycles. The van der Waals surface area contributed by atoms with Gasteiger partial charge in [-0.3, -0.25) is 14.4 Å². The number of carbonyl (C=O) groups excluding carboxylic acids is 3. The second kappa shape index (κ2) is 11.5. The predicted molar refractivity (Wildman–Crippen MR) is 127 cm³/mol. The average molecular weight is 492 g/mol. The molecule has 0 atom stereocenters. The number of hydrogen-bond acceptors (Lipinski definition) is 6. The summed E-state index contributed by atoms with van der Waals surface area (Å²) in [7, 11) is -3.53. The molecule has 2 N–H and O–H groups in total. The predicted octanol–water partition coefficient (Wildman–Crippen LogP) is 2.50. The number of piperidine rings is 1. The maximum atomic E-state index is 12.8. The Bertz CT molecular complexity index is 1060. The number of carbonyl (C=O) groups is 3. The van der Waals surface area contributed by atoms with Crippen LogP contribution in [0.2, 0.25) is 0 Å². The second-order valence-corrected chi connectivity index (χ2v) is 10.9. The molecule has 2 amide bonds. The van der Waals surface area contributed by atoms with Gasteiger partial charge in [-0.15, -0.1) is 11.3 Å². The Hall–Kier alpha value is -2.56. The quantitative estimate of drug-likeness (QED) is 0.496. The third-order valence-electron chi connectivity index (χ3n) is 5.53. The Balaban J connectivity index is 1.33. The van der Waals surface area contributed by atoms with Crippen LogP contribution in [0, 0.1) is 6.92 Å². The summed E-state index contributed by atoms with van der Waals surface area (Å²) >= 11 is 1.35. The summed E-state index contributed by atoms with van der Waals surface area (Å²) in [5.74, 6) is -0.513. The molecule has 1 aromatic carbocycles. The van der Waals surface area contributed by atoms with Crippen molar-refractivity contribution in [2.75, 3.05) is 19.6 Å². The van der Waals surface area contributed by atoms with Crippen LogP contribution in [0.4, 0.5) is 0 Å². The van der Waals surface area contributed by atoms with Gasteiger partial charge in [-0.1, -0.05) is 23.8 Å². The van der Waals surface area contributed by atoms with Gasteiger partial charge in [0.2, 0.25) is 21.8 Å². The third-order valence-corrected chi connectivity index (χ3v) is 8.35. The molecular weight excluding hydrogens is 462 g/mol. The zero-order valence-electron chi connectivity index (χ0n) is 18.6. The second-order valence-electron chi connectivity index (χ2n) is 8.06. The van der Waals surface area contributed by atoms with Crippen molar-refractivity contribution in [3.8, 4) is 0 Å². The summed E-state index contributed by atoms with van der Waals surface area (Å²) in [6.45, 7) is 2.79. The summed E-state index contributed by atoms with van der Waals surface area (Å²) in [6, 6.07) is 10.2. The molecule has 0 radical (unpaired) electrons. The van der Waals surface area contributed by atoms with Crippen LogP contribution < -0.4 is 10.6 Å². The van der Waals surface area contributed by atoms with E-state index in [1.165, 1.54) is 15.6 Å². The van der Waals surface area contributed by atoms with E-state index in [9.17, 15) is 22.8 Å². The number of sulfonamides is 1. The molecule has 1 aromatic heterocycles. The highest BCUT2D eigenvalue weighted by atomic mass is 32.2. The molecule has 0 aliphatic carbocycles. The Morgan fingerprint density at radius 3 is 2.33 bits per heavy atom. The van der Waals surface area contributed by atoms with Crippen LogP contribution in [-0.2, 0) is 19.6 Å². The van der Waals surface area contributed by atoms with E-state index in [0.717, 1.165) is 5.56 Å². The molecule has 0 spiro atoms. The Morgan fingerprint density at radius 1 is 1.00 bits per heavy atom. The number of rotatable bonds is 10. The van der Waals surface area contributed by atoms with E-state index in [2.05, 4.69) is 10.6 Å². The summed E-state index contributed by atoms with van der Waals surface area (Å²) in [6.07, 6.45) is 1.43. The average Bonchev–Trinajstić information content (AvgIpc) is 3.33. The number of nitrogens with zero attached hydrogens (tertiary/aromatic N) is 1. The monoisotopic (exact) mass is 491 g/mol. The molecule has 2 aromatic rings. The Morgan fingerprint density at radius 2 is 1.70 bits per heavy atom. The van der Waals surface area contributed by atoms with Crippen molar-refractivity contribution in [1.29, 1.82) is 0 Å². The molecule has 1 fully saturated rings. The van der Waals surface area contributed by atoms with Gasteiger partial charge in [-0.25, -0.2) is 8.42 Å². The number of ketones is 1. The molecule has 0 unspecified atom stereocenters. The van der Waals surface area contributed by atoms with E-state index < -0.39 is 10.0 Å². The highest BCUT2D eigenvalue weighted by Gasteiger charge is 2.29. The van der Waals surface area contributed by atoms with Crippen molar-refractivity contribution < 1.29 is 22.8 Å². The number of hydrogen-bond donors (Lipinski definition) is 2. The minimum Gasteiger partial charge on any atom is -0.356 e. The van der Waals surface area contributed by atoms with E-state index in [1.54, 1.807) is 36.4 Å². The third kappa shape index (κ3) is 7.21. The smallest absolute Gasteiger partial charge is 0.243 e. The van der Waals surface area contributed by atoms with Gasteiger partial charge in [-0.05, 0) is 43.3 Å². The molecule has 1 saturated heterocycles. The minimum absolute atomic E-state index is 0.0615. The molecule has 8 nitrogen and oxygen atoms in total. The highest BCUT2D eigenvalue weighted by molar-refractivity contribution is 7.89. The molecule has 10 heteroatoms. The standard InChI is InChI=1S/C23H29N3O5S2/c1-17-4-6-19(7-5-17)33(30,31)26-14-11-18(12-15-26)25-23(29)10-13-24-22(28)9-8-20(27)21-3-2-16-32-21/h2-7,16,18H,8-15H2,1H3,(H,24,28)(H,25,29). The normalized spacial score (nSPS) is 15.2. The maximum absolute atomic E-state index is 12.8. The molecule has 0 bridgehead atoms. The first-order valence-corrected chi connectivity index (χ1v) is 13.3. The van der Waals surface area contributed by atoms with Crippen LogP contribution in [0.1, 0.15) is 47.3 Å². The van der Waals surface area contributed by atoms with Gasteiger partial charge in [0.25, 0.3) is 0 Å². The van der Waals surface area contributed by atoms with Crippen LogP contribution in [-0.4, -0.2) is 56.0 Å². The van der Waals surface area contributed by atoms with Crippen LogP contribution in [0.25, 0.3) is 0 Å². The topological polar surface area (TPSA) is 113 Å². The van der Waals surface area contributed by atoms with Crippen LogP contribution in [0.3, 0.4) is 0 Å². The van der Waals surface area contributed by atoms with E-state index >= 15 is 0 Å². The Kier molecular flexibility index (Phi) is 8.76. The SMILES string of the molecule is Cc1ccc(S(=O)(=O)N2CCC(NC(=O)CCNC(=O)CCC(=O)c3cccs3)CC2)cc1. The lowest BCUT2D eigenvalue weighted by atomic mass is 10.1. The molecule has 178 valence electrons. The van der Waals surface area contributed by atoms with Gasteiger partial charge in [-0.2, -0.15) is 4.31 Å². The first-order chi connectivity index (χ1) is 15.8. The molecule has 2 heterocycles. The van der Waals surface area contributed by atoms with Crippen molar-refractivity contribution in [2.24, 2.45) is 0 Å². The lowest BCUT2D eigenvalue weighted by Crippen LogP contribution is -2.46. The first kappa shape index (κ1) is 25.1. The number of aryl methyl sites for hydroxylation is 1. The van der Waals surface area contributed by atoms with E-state index in [0.29, 0.717) is 30.8 Å².